The van der Waals surface area contributed by atoms with Crippen LogP contribution in [-0.4, -0.2) is 5.91 Å². The summed E-state index contributed by atoms with van der Waals surface area (Å²) in [7, 11) is 0. The lowest BCUT2D eigenvalue weighted by Crippen LogP contribution is -2.28. The van der Waals surface area contributed by atoms with Crippen LogP contribution in [0.25, 0.3) is 0 Å². The summed E-state index contributed by atoms with van der Waals surface area (Å²) in [5, 5.41) is 2.27. The molecule has 18 heavy (non-hydrogen) atoms. The van der Waals surface area contributed by atoms with Gasteiger partial charge in [0.05, 0.1) is 5.56 Å². The van der Waals surface area contributed by atoms with Crippen LogP contribution in [0.4, 0.5) is 18.9 Å². The van der Waals surface area contributed by atoms with Gasteiger partial charge in [-0.15, -0.1) is 0 Å². The molecule has 0 radical (unpaired) electrons. The highest BCUT2D eigenvalue weighted by Crippen LogP contribution is 2.34. The Morgan fingerprint density at radius 2 is 1.89 bits per heavy atom. The van der Waals surface area contributed by atoms with E-state index in [0.717, 1.165) is 12.1 Å². The van der Waals surface area contributed by atoms with Crippen LogP contribution in [-0.2, 0) is 11.0 Å². The predicted molar refractivity (Wildman–Crippen MR) is 64.3 cm³/mol. The van der Waals surface area contributed by atoms with Crippen molar-refractivity contribution >= 4 is 11.6 Å². The zero-order valence-electron chi connectivity index (χ0n) is 13.3. The number of benzene rings is 1. The number of rotatable bonds is 1. The number of hydrogen-bond acceptors (Lipinski definition) is 1. The smallest absolute Gasteiger partial charge is 0.325 e. The summed E-state index contributed by atoms with van der Waals surface area (Å²) in [6.07, 6.45) is -4.81. The van der Waals surface area contributed by atoms with Crippen molar-refractivity contribution < 1.29 is 22.1 Å². The van der Waals surface area contributed by atoms with Gasteiger partial charge in [-0.3, -0.25) is 4.79 Å². The summed E-state index contributed by atoms with van der Waals surface area (Å²) in [5.41, 5.74) is -3.37. The first kappa shape index (κ1) is 10.4. The molecule has 5 heteroatoms. The molecular formula is C13H16F3NO. The van der Waals surface area contributed by atoms with Gasteiger partial charge in [-0.2, -0.15) is 13.2 Å². The summed E-state index contributed by atoms with van der Waals surface area (Å²) in [5.74, 6) is -0.563. The molecule has 1 rings (SSSR count). The second-order valence-electron chi connectivity index (χ2n) is 4.93. The van der Waals surface area contributed by atoms with Crippen LogP contribution in [0, 0.1) is 12.3 Å². The van der Waals surface area contributed by atoms with Gasteiger partial charge in [0.25, 0.3) is 0 Å². The monoisotopic (exact) mass is 262 g/mol. The van der Waals surface area contributed by atoms with Gasteiger partial charge in [0.1, 0.15) is 0 Å². The van der Waals surface area contributed by atoms with Gasteiger partial charge in [-0.05, 0) is 24.5 Å². The summed E-state index contributed by atoms with van der Waals surface area (Å²) >= 11 is 0. The molecule has 0 saturated carbocycles. The molecule has 0 aliphatic heterocycles. The van der Waals surface area contributed by atoms with E-state index in [9.17, 15) is 18.0 Å². The molecule has 0 aromatic heterocycles. The number of carbonyl (C=O) groups is 1. The van der Waals surface area contributed by atoms with Gasteiger partial charge in [0.15, 0.2) is 0 Å². The van der Waals surface area contributed by atoms with Gasteiger partial charge in [-0.1, -0.05) is 26.8 Å². The first-order valence-corrected chi connectivity index (χ1v) is 5.27. The van der Waals surface area contributed by atoms with Crippen LogP contribution < -0.4 is 5.32 Å². The Hall–Kier alpha value is -1.52. The molecule has 0 fully saturated rings. The van der Waals surface area contributed by atoms with Gasteiger partial charge in [-0.25, -0.2) is 0 Å². The van der Waals surface area contributed by atoms with Crippen LogP contribution in [0.15, 0.2) is 18.2 Å². The SMILES string of the molecule is [2H]C([2H])([2H])c1c(NC(=O)C(C)(C)C)cccc1C(F)(F)F. The number of halogens is 3. The molecule has 1 N–H and O–H groups in total. The molecule has 2 nitrogen and oxygen atoms in total. The van der Waals surface area contributed by atoms with Crippen molar-refractivity contribution in [3.63, 3.8) is 0 Å². The average Bonchev–Trinajstić information content (AvgIpc) is 2.24. The number of hydrogen-bond donors (Lipinski definition) is 1. The van der Waals surface area contributed by atoms with Gasteiger partial charge < -0.3 is 5.32 Å². The third-order valence-corrected chi connectivity index (χ3v) is 2.30. The van der Waals surface area contributed by atoms with Crippen LogP contribution in [0.3, 0.4) is 0 Å². The minimum absolute atomic E-state index is 0.343. The Balaban J connectivity index is 3.44. The highest BCUT2D eigenvalue weighted by atomic mass is 19.4. The lowest BCUT2D eigenvalue weighted by molar-refractivity contribution is -0.138. The van der Waals surface area contributed by atoms with Gasteiger partial charge in [0, 0.05) is 15.2 Å². The van der Waals surface area contributed by atoms with Crippen molar-refractivity contribution in [1.82, 2.24) is 0 Å². The number of alkyl halides is 3. The lowest BCUT2D eigenvalue weighted by atomic mass is 9.95. The molecule has 0 heterocycles. The van der Waals surface area contributed by atoms with E-state index in [0.29, 0.717) is 6.07 Å². The van der Waals surface area contributed by atoms with E-state index >= 15 is 0 Å². The second-order valence-corrected chi connectivity index (χ2v) is 4.93. The number of carbonyl (C=O) groups excluding carboxylic acids is 1. The van der Waals surface area contributed by atoms with Crippen LogP contribution >= 0.6 is 0 Å². The van der Waals surface area contributed by atoms with E-state index in [1.54, 1.807) is 20.8 Å². The summed E-state index contributed by atoms with van der Waals surface area (Å²) < 4.78 is 60.9. The largest absolute Gasteiger partial charge is 0.416 e. The fourth-order valence-corrected chi connectivity index (χ4v) is 1.20. The molecule has 1 aromatic carbocycles. The van der Waals surface area contributed by atoms with Crippen molar-refractivity contribution in [3.8, 4) is 0 Å². The van der Waals surface area contributed by atoms with E-state index in [-0.39, 0.29) is 5.69 Å². The van der Waals surface area contributed by atoms with Crippen molar-refractivity contribution in [1.29, 1.82) is 0 Å². The molecule has 0 aliphatic rings. The third kappa shape index (κ3) is 3.24. The van der Waals surface area contributed by atoms with Crippen molar-refractivity contribution in [2.24, 2.45) is 5.41 Å². The van der Waals surface area contributed by atoms with Crippen LogP contribution in [0.1, 0.15) is 36.0 Å². The zero-order chi connectivity index (χ0) is 16.6. The summed E-state index contributed by atoms with van der Waals surface area (Å²) in [6.45, 7) is 1.73. The molecule has 0 spiro atoms. The molecule has 1 amide bonds. The van der Waals surface area contributed by atoms with Crippen LogP contribution in [0.5, 0.6) is 0 Å². The number of amides is 1. The standard InChI is InChI=1S/C13H16F3NO/c1-8-9(13(14,15)16)6-5-7-10(8)17-11(18)12(2,3)4/h5-7H,1-4H3,(H,17,18)/i1D3. The summed E-state index contributed by atoms with van der Waals surface area (Å²) in [6, 6.07) is 2.91. The fraction of sp³-hybridized carbons (Fsp3) is 0.462. The maximum absolute atomic E-state index is 13.0. The van der Waals surface area contributed by atoms with E-state index in [4.69, 9.17) is 4.11 Å². The maximum atomic E-state index is 13.0. The highest BCUT2D eigenvalue weighted by molar-refractivity contribution is 5.95. The highest BCUT2D eigenvalue weighted by Gasteiger charge is 2.33. The minimum atomic E-state index is -4.81. The second kappa shape index (κ2) is 4.63. The Bertz CT molecular complexity index is 545. The molecule has 0 aliphatic carbocycles. The normalized spacial score (nSPS) is 15.6. The molecule has 100 valence electrons. The third-order valence-electron chi connectivity index (χ3n) is 2.30. The van der Waals surface area contributed by atoms with Gasteiger partial charge in [0.2, 0.25) is 5.91 Å². The van der Waals surface area contributed by atoms with Crippen molar-refractivity contribution in [3.05, 3.63) is 29.3 Å². The predicted octanol–water partition coefficient (Wildman–Crippen LogP) is 4.00. The Labute approximate surface area is 108 Å². The minimum Gasteiger partial charge on any atom is -0.325 e. The molecule has 0 atom stereocenters. The number of anilines is 1. The quantitative estimate of drug-likeness (QED) is 0.814. The lowest BCUT2D eigenvalue weighted by Gasteiger charge is -2.20. The molecule has 0 unspecified atom stereocenters. The number of nitrogens with one attached hydrogen (secondary N) is 1. The van der Waals surface area contributed by atoms with E-state index in [2.05, 4.69) is 5.32 Å². The molecule has 0 bridgehead atoms. The first-order chi connectivity index (χ1) is 9.24. The van der Waals surface area contributed by atoms with Crippen LogP contribution in [0.2, 0.25) is 0 Å². The maximum Gasteiger partial charge on any atom is 0.416 e. The molecule has 1 aromatic rings. The Morgan fingerprint density at radius 1 is 1.28 bits per heavy atom. The summed E-state index contributed by atoms with van der Waals surface area (Å²) in [4.78, 5) is 11.9. The Kier molecular flexibility index (Phi) is 2.68. The fourth-order valence-electron chi connectivity index (χ4n) is 1.20. The van der Waals surface area contributed by atoms with Crippen molar-refractivity contribution in [2.75, 3.05) is 5.32 Å². The van der Waals surface area contributed by atoms with E-state index in [1.165, 1.54) is 0 Å². The first-order valence-electron chi connectivity index (χ1n) is 6.77. The van der Waals surface area contributed by atoms with E-state index in [1.807, 2.05) is 0 Å². The van der Waals surface area contributed by atoms with E-state index < -0.39 is 35.5 Å². The zero-order valence-corrected chi connectivity index (χ0v) is 10.3. The molecular weight excluding hydrogens is 243 g/mol. The average molecular weight is 262 g/mol. The Morgan fingerprint density at radius 3 is 2.33 bits per heavy atom. The van der Waals surface area contributed by atoms with Gasteiger partial charge >= 0.3 is 6.18 Å². The molecule has 0 saturated heterocycles. The topological polar surface area (TPSA) is 29.1 Å². The van der Waals surface area contributed by atoms with Crippen molar-refractivity contribution in [2.45, 2.75) is 33.8 Å².